The van der Waals surface area contributed by atoms with Crippen LogP contribution in [-0.4, -0.2) is 20.5 Å². The number of aromatic nitrogens is 2. The lowest BCUT2D eigenvalue weighted by Crippen LogP contribution is -2.13. The van der Waals surface area contributed by atoms with E-state index in [1.807, 2.05) is 0 Å². The predicted molar refractivity (Wildman–Crippen MR) is 48.4 cm³/mol. The third-order valence-corrected chi connectivity index (χ3v) is 1.84. The molecule has 2 aromatic heterocycles. The number of aromatic carboxylic acids is 1. The minimum atomic E-state index is -1.04. The third-order valence-electron chi connectivity index (χ3n) is 1.84. The number of carboxylic acid groups (broad SMARTS) is 1. The highest BCUT2D eigenvalue weighted by Crippen LogP contribution is 2.02. The highest BCUT2D eigenvalue weighted by molar-refractivity contribution is 5.88. The summed E-state index contributed by atoms with van der Waals surface area (Å²) in [6.07, 6.45) is 2.75. The fraction of sp³-hybridized carbons (Fsp3) is 0. The van der Waals surface area contributed by atoms with E-state index in [4.69, 9.17) is 5.11 Å². The summed E-state index contributed by atoms with van der Waals surface area (Å²) >= 11 is 0. The monoisotopic (exact) mass is 190 g/mol. The van der Waals surface area contributed by atoms with Crippen LogP contribution in [0.15, 0.2) is 35.4 Å². The van der Waals surface area contributed by atoms with Crippen molar-refractivity contribution in [2.24, 2.45) is 0 Å². The van der Waals surface area contributed by atoms with Crippen molar-refractivity contribution in [3.63, 3.8) is 0 Å². The van der Waals surface area contributed by atoms with Gasteiger partial charge in [-0.15, -0.1) is 0 Å². The number of hydrogen-bond acceptors (Lipinski definition) is 3. The highest BCUT2D eigenvalue weighted by atomic mass is 16.4. The van der Waals surface area contributed by atoms with Crippen molar-refractivity contribution in [1.82, 2.24) is 9.38 Å². The van der Waals surface area contributed by atoms with Gasteiger partial charge in [0.05, 0.1) is 5.56 Å². The molecule has 70 valence electrons. The summed E-state index contributed by atoms with van der Waals surface area (Å²) in [5.41, 5.74) is 0.215. The molecule has 0 saturated carbocycles. The second kappa shape index (κ2) is 2.95. The van der Waals surface area contributed by atoms with Crippen molar-refractivity contribution in [2.75, 3.05) is 0 Å². The summed E-state index contributed by atoms with van der Waals surface area (Å²) in [5, 5.41) is 8.70. The lowest BCUT2D eigenvalue weighted by molar-refractivity contribution is 0.0697. The summed E-state index contributed by atoms with van der Waals surface area (Å²) in [6, 6.07) is 4.02. The number of fused-ring (bicyclic) bond motifs is 1. The van der Waals surface area contributed by atoms with Crippen LogP contribution in [0.3, 0.4) is 0 Å². The molecule has 5 nitrogen and oxygen atoms in total. The Hall–Kier alpha value is -2.17. The van der Waals surface area contributed by atoms with Crippen LogP contribution < -0.4 is 5.56 Å². The minimum absolute atomic E-state index is 0.114. The standard InChI is InChI=1S/C9H6N2O3/c12-8-1-3-10-7-5-6(9(13)14)2-4-11(7)8/h1-5H,(H,13,14). The molecule has 0 fully saturated rings. The molecule has 5 heteroatoms. The second-order valence-electron chi connectivity index (χ2n) is 2.73. The van der Waals surface area contributed by atoms with Crippen LogP contribution in [0.5, 0.6) is 0 Å². The average molecular weight is 190 g/mol. The maximum atomic E-state index is 11.2. The SMILES string of the molecule is O=C(O)c1ccn2c(=O)ccnc2c1. The maximum absolute atomic E-state index is 11.2. The smallest absolute Gasteiger partial charge is 0.335 e. The Morgan fingerprint density at radius 1 is 1.43 bits per heavy atom. The Kier molecular flexibility index (Phi) is 1.78. The molecular formula is C9H6N2O3. The molecule has 0 radical (unpaired) electrons. The number of nitrogens with zero attached hydrogens (tertiary/aromatic N) is 2. The van der Waals surface area contributed by atoms with Gasteiger partial charge in [-0.3, -0.25) is 9.20 Å². The molecule has 2 rings (SSSR count). The van der Waals surface area contributed by atoms with E-state index in [-0.39, 0.29) is 11.1 Å². The number of rotatable bonds is 1. The first kappa shape index (κ1) is 8.43. The fourth-order valence-electron chi connectivity index (χ4n) is 1.16. The lowest BCUT2D eigenvalue weighted by Gasteiger charge is -1.99. The lowest BCUT2D eigenvalue weighted by atomic mass is 10.2. The molecule has 0 unspecified atom stereocenters. The van der Waals surface area contributed by atoms with Crippen molar-refractivity contribution in [2.45, 2.75) is 0 Å². The molecule has 2 heterocycles. The number of hydrogen-bond donors (Lipinski definition) is 1. The molecule has 0 aromatic carbocycles. The fourth-order valence-corrected chi connectivity index (χ4v) is 1.16. The minimum Gasteiger partial charge on any atom is -0.478 e. The predicted octanol–water partition coefficient (Wildman–Crippen LogP) is 0.393. The van der Waals surface area contributed by atoms with Gasteiger partial charge in [-0.1, -0.05) is 0 Å². The third kappa shape index (κ3) is 1.24. The van der Waals surface area contributed by atoms with Gasteiger partial charge in [0.2, 0.25) is 0 Å². The van der Waals surface area contributed by atoms with Crippen LogP contribution in [0.2, 0.25) is 0 Å². The van der Waals surface area contributed by atoms with E-state index in [1.165, 1.54) is 35.0 Å². The van der Waals surface area contributed by atoms with Gasteiger partial charge in [0.25, 0.3) is 5.56 Å². The molecule has 1 N–H and O–H groups in total. The van der Waals surface area contributed by atoms with Gasteiger partial charge >= 0.3 is 5.97 Å². The van der Waals surface area contributed by atoms with Crippen molar-refractivity contribution in [3.05, 3.63) is 46.5 Å². The number of pyridine rings is 1. The Morgan fingerprint density at radius 3 is 2.93 bits per heavy atom. The molecule has 2 aromatic rings. The van der Waals surface area contributed by atoms with E-state index in [0.29, 0.717) is 5.65 Å². The molecule has 0 spiro atoms. The summed E-state index contributed by atoms with van der Waals surface area (Å²) in [6.45, 7) is 0. The Morgan fingerprint density at radius 2 is 2.21 bits per heavy atom. The van der Waals surface area contributed by atoms with E-state index in [2.05, 4.69) is 4.98 Å². The quantitative estimate of drug-likeness (QED) is 0.706. The van der Waals surface area contributed by atoms with Crippen LogP contribution in [0.1, 0.15) is 10.4 Å². The topological polar surface area (TPSA) is 71.7 Å². The van der Waals surface area contributed by atoms with Gasteiger partial charge in [0.15, 0.2) is 0 Å². The van der Waals surface area contributed by atoms with Gasteiger partial charge in [-0.05, 0) is 12.1 Å². The molecule has 0 saturated heterocycles. The van der Waals surface area contributed by atoms with Crippen LogP contribution in [0, 0.1) is 0 Å². The summed E-state index contributed by atoms with van der Waals surface area (Å²) in [4.78, 5) is 25.7. The molecule has 0 aliphatic rings. The first-order chi connectivity index (χ1) is 6.68. The van der Waals surface area contributed by atoms with Crippen molar-refractivity contribution >= 4 is 11.6 Å². The second-order valence-corrected chi connectivity index (χ2v) is 2.73. The van der Waals surface area contributed by atoms with E-state index in [9.17, 15) is 9.59 Å². The largest absolute Gasteiger partial charge is 0.478 e. The average Bonchev–Trinajstić information content (AvgIpc) is 2.17. The Bertz CT molecular complexity index is 559. The molecule has 0 aliphatic heterocycles. The van der Waals surface area contributed by atoms with Gasteiger partial charge in [-0.25, -0.2) is 9.78 Å². The molecule has 0 bridgehead atoms. The van der Waals surface area contributed by atoms with Crippen LogP contribution >= 0.6 is 0 Å². The van der Waals surface area contributed by atoms with Crippen molar-refractivity contribution in [1.29, 1.82) is 0 Å². The van der Waals surface area contributed by atoms with Crippen molar-refractivity contribution < 1.29 is 9.90 Å². The van der Waals surface area contributed by atoms with E-state index >= 15 is 0 Å². The molecule has 14 heavy (non-hydrogen) atoms. The van der Waals surface area contributed by atoms with Crippen molar-refractivity contribution in [3.8, 4) is 0 Å². The van der Waals surface area contributed by atoms with Gasteiger partial charge in [-0.2, -0.15) is 0 Å². The Labute approximate surface area is 78.3 Å². The van der Waals surface area contributed by atoms with Crippen LogP contribution in [0.25, 0.3) is 5.65 Å². The first-order valence-electron chi connectivity index (χ1n) is 3.89. The number of carboxylic acids is 1. The van der Waals surface area contributed by atoms with Crippen LogP contribution in [-0.2, 0) is 0 Å². The molecular weight excluding hydrogens is 184 g/mol. The molecule has 0 aliphatic carbocycles. The number of carbonyl (C=O) groups is 1. The summed E-state index contributed by atoms with van der Waals surface area (Å²) in [5.74, 6) is -1.04. The van der Waals surface area contributed by atoms with Gasteiger partial charge < -0.3 is 5.11 Å². The summed E-state index contributed by atoms with van der Waals surface area (Å²) in [7, 11) is 0. The van der Waals surface area contributed by atoms with Crippen LogP contribution in [0.4, 0.5) is 0 Å². The Balaban J connectivity index is 2.80. The molecule has 0 amide bonds. The summed E-state index contributed by atoms with van der Waals surface area (Å²) < 4.78 is 1.28. The first-order valence-corrected chi connectivity index (χ1v) is 3.89. The van der Waals surface area contributed by atoms with E-state index in [0.717, 1.165) is 0 Å². The normalized spacial score (nSPS) is 10.3. The molecule has 0 atom stereocenters. The zero-order chi connectivity index (χ0) is 10.1. The van der Waals surface area contributed by atoms with Gasteiger partial charge in [0, 0.05) is 18.5 Å². The van der Waals surface area contributed by atoms with Gasteiger partial charge in [0.1, 0.15) is 5.65 Å². The maximum Gasteiger partial charge on any atom is 0.335 e. The zero-order valence-corrected chi connectivity index (χ0v) is 7.04. The highest BCUT2D eigenvalue weighted by Gasteiger charge is 2.04. The zero-order valence-electron chi connectivity index (χ0n) is 7.04. The van der Waals surface area contributed by atoms with E-state index < -0.39 is 5.97 Å². The van der Waals surface area contributed by atoms with E-state index in [1.54, 1.807) is 0 Å².